The van der Waals surface area contributed by atoms with Gasteiger partial charge in [0.25, 0.3) is 0 Å². The van der Waals surface area contributed by atoms with Crippen molar-refractivity contribution >= 4 is 5.95 Å². The maximum Gasteiger partial charge on any atom is 0.225 e. The highest BCUT2D eigenvalue weighted by Gasteiger charge is 2.24. The van der Waals surface area contributed by atoms with Crippen molar-refractivity contribution in [2.45, 2.75) is 38.3 Å². The lowest BCUT2D eigenvalue weighted by molar-refractivity contribution is 0.0931. The minimum absolute atomic E-state index is 0.208. The van der Waals surface area contributed by atoms with Crippen molar-refractivity contribution in [3.8, 4) is 0 Å². The van der Waals surface area contributed by atoms with Gasteiger partial charge in [-0.1, -0.05) is 6.92 Å². The van der Waals surface area contributed by atoms with Crippen LogP contribution >= 0.6 is 0 Å². The van der Waals surface area contributed by atoms with E-state index in [1.54, 1.807) is 12.4 Å². The Bertz CT molecular complexity index is 365. The van der Waals surface area contributed by atoms with Crippen LogP contribution in [0.1, 0.15) is 26.2 Å². The Balaban J connectivity index is 1.82. The van der Waals surface area contributed by atoms with Gasteiger partial charge in [0.05, 0.1) is 6.10 Å². The number of aliphatic hydroxyl groups excluding tert-OH is 1. The Hall–Kier alpha value is -1.20. The van der Waals surface area contributed by atoms with E-state index in [-0.39, 0.29) is 6.10 Å². The summed E-state index contributed by atoms with van der Waals surface area (Å²) in [4.78, 5) is 13.1. The predicted octanol–water partition coefficient (Wildman–Crippen LogP) is 1.15. The van der Waals surface area contributed by atoms with Gasteiger partial charge in [0.2, 0.25) is 5.95 Å². The molecule has 0 saturated carbocycles. The monoisotopic (exact) mass is 264 g/mol. The second kappa shape index (κ2) is 6.82. The van der Waals surface area contributed by atoms with E-state index in [0.717, 1.165) is 44.8 Å². The molecule has 0 amide bonds. The average Bonchev–Trinajstić information content (AvgIpc) is 2.48. The van der Waals surface area contributed by atoms with Crippen LogP contribution in [0.25, 0.3) is 0 Å². The number of rotatable bonds is 5. The fourth-order valence-corrected chi connectivity index (χ4v) is 2.57. The van der Waals surface area contributed by atoms with E-state index >= 15 is 0 Å². The maximum absolute atomic E-state index is 9.72. The summed E-state index contributed by atoms with van der Waals surface area (Å²) in [5.41, 5.74) is 0. The summed E-state index contributed by atoms with van der Waals surface area (Å²) in [6.07, 6.45) is 6.40. The Morgan fingerprint density at radius 1 is 1.37 bits per heavy atom. The second-order valence-electron chi connectivity index (χ2n) is 5.27. The lowest BCUT2D eigenvalue weighted by atomic mass is 10.0. The molecular weight excluding hydrogens is 240 g/mol. The van der Waals surface area contributed by atoms with Crippen LogP contribution in [0.15, 0.2) is 18.5 Å². The number of piperidine rings is 1. The fourth-order valence-electron chi connectivity index (χ4n) is 2.57. The van der Waals surface area contributed by atoms with Crippen molar-refractivity contribution in [2.75, 3.05) is 31.6 Å². The number of likely N-dealkylation sites (N-methyl/N-ethyl adjacent to an activating group) is 1. The zero-order valence-corrected chi connectivity index (χ0v) is 11.9. The van der Waals surface area contributed by atoms with Gasteiger partial charge >= 0.3 is 0 Å². The van der Waals surface area contributed by atoms with Gasteiger partial charge in [0.15, 0.2) is 0 Å². The molecule has 0 spiro atoms. The smallest absolute Gasteiger partial charge is 0.225 e. The Labute approximate surface area is 115 Å². The van der Waals surface area contributed by atoms with Crippen LogP contribution in [0, 0.1) is 0 Å². The van der Waals surface area contributed by atoms with Gasteiger partial charge in [-0.3, -0.25) is 0 Å². The lowest BCUT2D eigenvalue weighted by Gasteiger charge is -2.37. The molecule has 5 nitrogen and oxygen atoms in total. The molecule has 106 valence electrons. The Morgan fingerprint density at radius 3 is 2.58 bits per heavy atom. The number of hydrogen-bond acceptors (Lipinski definition) is 5. The lowest BCUT2D eigenvalue weighted by Crippen LogP contribution is -2.45. The van der Waals surface area contributed by atoms with Gasteiger partial charge in [-0.05, 0) is 32.4 Å². The average molecular weight is 264 g/mol. The van der Waals surface area contributed by atoms with Crippen molar-refractivity contribution in [3.63, 3.8) is 0 Å². The first kappa shape index (κ1) is 14.2. The van der Waals surface area contributed by atoms with E-state index in [0.29, 0.717) is 6.04 Å². The second-order valence-corrected chi connectivity index (χ2v) is 5.27. The quantitative estimate of drug-likeness (QED) is 0.864. The molecule has 19 heavy (non-hydrogen) atoms. The molecule has 0 aliphatic carbocycles. The summed E-state index contributed by atoms with van der Waals surface area (Å²) in [7, 11) is 2.11. The minimum Gasteiger partial charge on any atom is -0.392 e. The molecule has 2 rings (SSSR count). The molecule has 1 atom stereocenters. The SMILES string of the molecule is CC[C@@H](O)CN(C)C1CCN(c2ncccn2)CC1. The van der Waals surface area contributed by atoms with Crippen LogP contribution in [-0.4, -0.2) is 58.8 Å². The van der Waals surface area contributed by atoms with Crippen LogP contribution in [0.4, 0.5) is 5.95 Å². The van der Waals surface area contributed by atoms with Crippen molar-refractivity contribution < 1.29 is 5.11 Å². The van der Waals surface area contributed by atoms with Crippen molar-refractivity contribution in [3.05, 3.63) is 18.5 Å². The van der Waals surface area contributed by atoms with Gasteiger partial charge in [-0.15, -0.1) is 0 Å². The largest absolute Gasteiger partial charge is 0.392 e. The number of aliphatic hydroxyl groups is 1. The molecule has 0 bridgehead atoms. The van der Waals surface area contributed by atoms with Gasteiger partial charge in [-0.2, -0.15) is 0 Å². The first-order chi connectivity index (χ1) is 9.20. The van der Waals surface area contributed by atoms with E-state index in [4.69, 9.17) is 0 Å². The van der Waals surface area contributed by atoms with Crippen LogP contribution in [0.3, 0.4) is 0 Å². The molecule has 1 N–H and O–H groups in total. The topological polar surface area (TPSA) is 52.5 Å². The first-order valence-electron chi connectivity index (χ1n) is 7.11. The van der Waals surface area contributed by atoms with Crippen LogP contribution in [0.5, 0.6) is 0 Å². The van der Waals surface area contributed by atoms with E-state index in [2.05, 4.69) is 26.8 Å². The molecule has 1 aromatic rings. The van der Waals surface area contributed by atoms with Crippen LogP contribution in [-0.2, 0) is 0 Å². The third-order valence-corrected chi connectivity index (χ3v) is 3.89. The third-order valence-electron chi connectivity index (χ3n) is 3.89. The molecule has 0 radical (unpaired) electrons. The molecule has 1 fully saturated rings. The fraction of sp³-hybridized carbons (Fsp3) is 0.714. The molecule has 1 saturated heterocycles. The molecule has 0 aromatic carbocycles. The van der Waals surface area contributed by atoms with E-state index in [1.165, 1.54) is 0 Å². The molecule has 0 unspecified atom stereocenters. The van der Waals surface area contributed by atoms with Crippen molar-refractivity contribution in [2.24, 2.45) is 0 Å². The molecule has 1 aromatic heterocycles. The number of aromatic nitrogens is 2. The summed E-state index contributed by atoms with van der Waals surface area (Å²) < 4.78 is 0. The molecular formula is C14H24N4O. The zero-order valence-electron chi connectivity index (χ0n) is 11.9. The highest BCUT2D eigenvalue weighted by molar-refractivity contribution is 5.29. The summed E-state index contributed by atoms with van der Waals surface area (Å²) in [6.45, 7) is 4.76. The molecule has 2 heterocycles. The van der Waals surface area contributed by atoms with Gasteiger partial charge in [-0.25, -0.2) is 9.97 Å². The zero-order chi connectivity index (χ0) is 13.7. The van der Waals surface area contributed by atoms with Crippen LogP contribution < -0.4 is 4.90 Å². The van der Waals surface area contributed by atoms with Gasteiger partial charge in [0.1, 0.15) is 0 Å². The maximum atomic E-state index is 9.72. The molecule has 1 aliphatic heterocycles. The van der Waals surface area contributed by atoms with E-state index < -0.39 is 0 Å². The van der Waals surface area contributed by atoms with E-state index in [1.807, 2.05) is 13.0 Å². The summed E-state index contributed by atoms with van der Waals surface area (Å²) in [6, 6.07) is 2.40. The normalized spacial score (nSPS) is 18.8. The number of anilines is 1. The Morgan fingerprint density at radius 2 is 2.00 bits per heavy atom. The van der Waals surface area contributed by atoms with Gasteiger partial charge < -0.3 is 14.9 Å². The third kappa shape index (κ3) is 3.88. The molecule has 1 aliphatic rings. The highest BCUT2D eigenvalue weighted by Crippen LogP contribution is 2.19. The highest BCUT2D eigenvalue weighted by atomic mass is 16.3. The van der Waals surface area contributed by atoms with Gasteiger partial charge in [0, 0.05) is 38.1 Å². The van der Waals surface area contributed by atoms with Crippen molar-refractivity contribution in [1.82, 2.24) is 14.9 Å². The summed E-state index contributed by atoms with van der Waals surface area (Å²) >= 11 is 0. The van der Waals surface area contributed by atoms with Crippen LogP contribution in [0.2, 0.25) is 0 Å². The predicted molar refractivity (Wildman–Crippen MR) is 76.2 cm³/mol. The van der Waals surface area contributed by atoms with E-state index in [9.17, 15) is 5.11 Å². The standard InChI is InChI=1S/C14H24N4O/c1-3-13(19)11-17(2)12-5-9-18(10-6-12)14-15-7-4-8-16-14/h4,7-8,12-13,19H,3,5-6,9-11H2,1-2H3/t13-/m1/s1. The Kier molecular flexibility index (Phi) is 5.10. The first-order valence-corrected chi connectivity index (χ1v) is 7.11. The molecule has 5 heteroatoms. The summed E-state index contributed by atoms with van der Waals surface area (Å²) in [5, 5.41) is 9.72. The summed E-state index contributed by atoms with van der Waals surface area (Å²) in [5.74, 6) is 0.831. The number of hydrogen-bond donors (Lipinski definition) is 1. The number of nitrogens with zero attached hydrogens (tertiary/aromatic N) is 4. The van der Waals surface area contributed by atoms with Crippen molar-refractivity contribution in [1.29, 1.82) is 0 Å². The minimum atomic E-state index is -0.208.